The Kier molecular flexibility index (Phi) is 4.79. The highest BCUT2D eigenvalue weighted by atomic mass is 35.5. The molecule has 2 atom stereocenters. The Morgan fingerprint density at radius 2 is 1.96 bits per heavy atom. The van der Waals surface area contributed by atoms with Gasteiger partial charge in [0, 0.05) is 31.2 Å². The Hall–Kier alpha value is -1.47. The predicted octanol–water partition coefficient (Wildman–Crippen LogP) is 1.35. The van der Waals surface area contributed by atoms with Crippen LogP contribution in [0, 0.1) is 5.92 Å². The molecule has 3 aliphatic rings. The zero-order valence-corrected chi connectivity index (χ0v) is 16.5. The summed E-state index contributed by atoms with van der Waals surface area (Å²) in [5, 5.41) is 10.7. The van der Waals surface area contributed by atoms with Gasteiger partial charge in [-0.2, -0.15) is 0 Å². The molecule has 1 aromatic carbocycles. The number of piperazine rings is 1. The fraction of sp³-hybridized carbons (Fsp3) is 0.600. The van der Waals surface area contributed by atoms with E-state index < -0.39 is 17.7 Å². The molecule has 1 aromatic rings. The van der Waals surface area contributed by atoms with E-state index in [1.807, 2.05) is 23.1 Å². The number of likely N-dealkylation sites (tertiary alicyclic amines) is 1. The number of aliphatic hydroxyl groups excluding tert-OH is 1. The van der Waals surface area contributed by atoms with Crippen molar-refractivity contribution in [3.05, 3.63) is 34.9 Å². The van der Waals surface area contributed by atoms with E-state index in [9.17, 15) is 14.7 Å². The third-order valence-corrected chi connectivity index (χ3v) is 6.27. The van der Waals surface area contributed by atoms with Crippen molar-refractivity contribution >= 4 is 23.4 Å². The first-order valence-corrected chi connectivity index (χ1v) is 9.96. The van der Waals surface area contributed by atoms with Gasteiger partial charge in [0.1, 0.15) is 5.54 Å². The van der Waals surface area contributed by atoms with Crippen LogP contribution in [-0.4, -0.2) is 75.5 Å². The number of hydrogen-bond acceptors (Lipinski definition) is 5. The van der Waals surface area contributed by atoms with Crippen molar-refractivity contribution in [3.8, 4) is 0 Å². The summed E-state index contributed by atoms with van der Waals surface area (Å²) < 4.78 is 0. The van der Waals surface area contributed by atoms with Gasteiger partial charge in [0.2, 0.25) is 5.91 Å². The zero-order chi connectivity index (χ0) is 19.3. The molecule has 1 spiro atoms. The van der Waals surface area contributed by atoms with Crippen LogP contribution in [0.25, 0.3) is 0 Å². The fourth-order valence-electron chi connectivity index (χ4n) is 4.78. The maximum absolute atomic E-state index is 13.4. The topological polar surface area (TPSA) is 64.1 Å². The molecule has 3 fully saturated rings. The number of halogens is 1. The number of nitrogens with zero attached hydrogens (tertiary/aromatic N) is 3. The lowest BCUT2D eigenvalue weighted by atomic mass is 9.82. The first-order chi connectivity index (χ1) is 12.8. The fourth-order valence-corrected chi connectivity index (χ4v) is 4.97. The van der Waals surface area contributed by atoms with E-state index in [1.54, 1.807) is 6.07 Å². The van der Waals surface area contributed by atoms with Crippen LogP contribution in [-0.2, 0) is 16.1 Å². The van der Waals surface area contributed by atoms with E-state index in [0.717, 1.165) is 12.1 Å². The summed E-state index contributed by atoms with van der Waals surface area (Å²) in [6, 6.07) is 6.87. The van der Waals surface area contributed by atoms with Crippen LogP contribution in [0.3, 0.4) is 0 Å². The Labute approximate surface area is 164 Å². The van der Waals surface area contributed by atoms with E-state index >= 15 is 0 Å². The molecule has 6 nitrogen and oxygen atoms in total. The molecule has 0 saturated carbocycles. The molecule has 0 bridgehead atoms. The van der Waals surface area contributed by atoms with Gasteiger partial charge in [-0.1, -0.05) is 43.6 Å². The number of carbonyl (C=O) groups is 2. The number of hydrogen-bond donors (Lipinski definition) is 1. The summed E-state index contributed by atoms with van der Waals surface area (Å²) in [5.74, 6) is 0.143. The van der Waals surface area contributed by atoms with Crippen LogP contribution in [0.5, 0.6) is 0 Å². The number of rotatable bonds is 4. The van der Waals surface area contributed by atoms with Crippen LogP contribution in [0.4, 0.5) is 0 Å². The van der Waals surface area contributed by atoms with Gasteiger partial charge in [0.05, 0.1) is 18.7 Å². The van der Waals surface area contributed by atoms with Gasteiger partial charge < -0.3 is 5.11 Å². The van der Waals surface area contributed by atoms with Crippen molar-refractivity contribution in [2.75, 3.05) is 26.2 Å². The summed E-state index contributed by atoms with van der Waals surface area (Å²) in [4.78, 5) is 32.1. The molecule has 7 heteroatoms. The lowest BCUT2D eigenvalue weighted by Crippen LogP contribution is -2.81. The first kappa shape index (κ1) is 18.9. The largest absolute Gasteiger partial charge is 0.392 e. The predicted molar refractivity (Wildman–Crippen MR) is 102 cm³/mol. The second kappa shape index (κ2) is 6.85. The lowest BCUT2D eigenvalue weighted by molar-refractivity contribution is -0.181. The summed E-state index contributed by atoms with van der Waals surface area (Å²) in [7, 11) is 0. The summed E-state index contributed by atoms with van der Waals surface area (Å²) >= 11 is 6.26. The molecule has 0 radical (unpaired) electrons. The number of benzene rings is 1. The molecule has 0 aliphatic carbocycles. The smallest absolute Gasteiger partial charge is 0.252 e. The van der Waals surface area contributed by atoms with E-state index in [2.05, 4.69) is 18.7 Å². The summed E-state index contributed by atoms with van der Waals surface area (Å²) in [6.07, 6.45) is -0.181. The van der Waals surface area contributed by atoms with Crippen LogP contribution in [0.2, 0.25) is 5.02 Å². The average Bonchev–Trinajstić information content (AvgIpc) is 2.97. The molecule has 1 N–H and O–H groups in total. The van der Waals surface area contributed by atoms with Gasteiger partial charge in [-0.15, -0.1) is 0 Å². The average molecular weight is 392 g/mol. The molecule has 0 aromatic heterocycles. The number of aliphatic hydroxyl groups is 1. The van der Waals surface area contributed by atoms with Gasteiger partial charge in [0.15, 0.2) is 0 Å². The number of fused-ring (bicyclic) bond motifs is 2. The summed E-state index contributed by atoms with van der Waals surface area (Å²) in [5.41, 5.74) is 0.0630. The number of β-amino-alcohol motifs (C(OH)–C–C–N with tert-alkyl or cyclic N) is 1. The van der Waals surface area contributed by atoms with Crippen molar-refractivity contribution in [2.45, 2.75) is 44.5 Å². The molecule has 4 rings (SSSR count). The van der Waals surface area contributed by atoms with E-state index in [1.165, 1.54) is 4.90 Å². The molecule has 27 heavy (non-hydrogen) atoms. The highest BCUT2D eigenvalue weighted by Crippen LogP contribution is 2.41. The molecular weight excluding hydrogens is 366 g/mol. The monoisotopic (exact) mass is 391 g/mol. The second-order valence-corrected chi connectivity index (χ2v) is 8.88. The van der Waals surface area contributed by atoms with Crippen molar-refractivity contribution in [1.29, 1.82) is 0 Å². The number of carbonyl (C=O) groups excluding carboxylic acids is 2. The second-order valence-electron chi connectivity index (χ2n) is 8.47. The van der Waals surface area contributed by atoms with E-state index in [0.29, 0.717) is 37.0 Å². The number of amides is 2. The third-order valence-electron chi connectivity index (χ3n) is 5.90. The van der Waals surface area contributed by atoms with Crippen LogP contribution >= 0.6 is 11.6 Å². The standard InChI is InChI=1S/C20H26ClN3O3/c1-13(2)8-22-11-20(12-22)19(27)23(9-14-5-3-4-6-16(14)21)18(26)17-7-15(25)10-24(17)20/h3-6,13,15,17,25H,7-12H2,1-2H3/t15-,17+/m1/s1. The Bertz CT molecular complexity index is 763. The van der Waals surface area contributed by atoms with Gasteiger partial charge in [-0.25, -0.2) is 0 Å². The SMILES string of the molecule is CC(C)CN1CC2(C1)C(=O)N(Cc1ccccc1Cl)C(=O)[C@@H]1C[C@@H](O)CN12. The van der Waals surface area contributed by atoms with Gasteiger partial charge in [0.25, 0.3) is 5.91 Å². The highest BCUT2D eigenvalue weighted by molar-refractivity contribution is 6.31. The molecule has 3 heterocycles. The van der Waals surface area contributed by atoms with Gasteiger partial charge in [-0.3, -0.25) is 24.3 Å². The van der Waals surface area contributed by atoms with E-state index in [-0.39, 0.29) is 18.4 Å². The molecule has 3 saturated heterocycles. The Balaban J connectivity index is 1.63. The third kappa shape index (κ3) is 3.09. The van der Waals surface area contributed by atoms with Crippen LogP contribution in [0.15, 0.2) is 24.3 Å². The van der Waals surface area contributed by atoms with Crippen molar-refractivity contribution < 1.29 is 14.7 Å². The first-order valence-electron chi connectivity index (χ1n) is 9.58. The van der Waals surface area contributed by atoms with E-state index in [4.69, 9.17) is 11.6 Å². The Morgan fingerprint density at radius 3 is 2.63 bits per heavy atom. The minimum absolute atomic E-state index is 0.155. The molecule has 3 aliphatic heterocycles. The molecule has 146 valence electrons. The van der Waals surface area contributed by atoms with Gasteiger partial charge >= 0.3 is 0 Å². The molecule has 2 amide bonds. The van der Waals surface area contributed by atoms with Crippen molar-refractivity contribution in [1.82, 2.24) is 14.7 Å². The Morgan fingerprint density at radius 1 is 1.26 bits per heavy atom. The normalized spacial score (nSPS) is 28.1. The van der Waals surface area contributed by atoms with Crippen molar-refractivity contribution in [2.24, 2.45) is 5.92 Å². The maximum Gasteiger partial charge on any atom is 0.252 e. The minimum Gasteiger partial charge on any atom is -0.392 e. The minimum atomic E-state index is -0.702. The molecule has 0 unspecified atom stereocenters. The maximum atomic E-state index is 13.4. The summed E-state index contributed by atoms with van der Waals surface area (Å²) in [6.45, 7) is 7.03. The lowest BCUT2D eigenvalue weighted by Gasteiger charge is -2.59. The van der Waals surface area contributed by atoms with Crippen LogP contribution < -0.4 is 0 Å². The zero-order valence-electron chi connectivity index (χ0n) is 15.8. The highest BCUT2D eigenvalue weighted by Gasteiger charge is 2.64. The van der Waals surface area contributed by atoms with Gasteiger partial charge in [-0.05, 0) is 24.0 Å². The quantitative estimate of drug-likeness (QED) is 0.785. The number of imide groups is 1. The van der Waals surface area contributed by atoms with Crippen LogP contribution in [0.1, 0.15) is 25.8 Å². The molecular formula is C20H26ClN3O3. The van der Waals surface area contributed by atoms with Crippen molar-refractivity contribution in [3.63, 3.8) is 0 Å².